The summed E-state index contributed by atoms with van der Waals surface area (Å²) in [6.07, 6.45) is 0. The molecular formula is C9H9O2S-. The second-order valence-corrected chi connectivity index (χ2v) is 3.81. The first-order valence-corrected chi connectivity index (χ1v) is 4.50. The van der Waals surface area contributed by atoms with Crippen LogP contribution in [0.4, 0.5) is 0 Å². The number of hydrogen-bond donors (Lipinski definition) is 0. The highest BCUT2D eigenvalue weighted by atomic mass is 32.2. The average Bonchev–Trinajstić information content (AvgIpc) is 2.06. The molecule has 64 valence electrons. The van der Waals surface area contributed by atoms with Gasteiger partial charge in [-0.25, -0.2) is 0 Å². The average molecular weight is 181 g/mol. The van der Waals surface area contributed by atoms with E-state index in [0.29, 0.717) is 0 Å². The van der Waals surface area contributed by atoms with Crippen LogP contribution in [-0.4, -0.2) is 11.2 Å². The van der Waals surface area contributed by atoms with Gasteiger partial charge >= 0.3 is 0 Å². The van der Waals surface area contributed by atoms with Gasteiger partial charge in [0.15, 0.2) is 0 Å². The first-order valence-electron chi connectivity index (χ1n) is 3.62. The van der Waals surface area contributed by atoms with Gasteiger partial charge in [-0.2, -0.15) is 0 Å². The van der Waals surface area contributed by atoms with E-state index in [0.717, 1.165) is 4.90 Å². The molecule has 0 fully saturated rings. The molecule has 1 aromatic rings. The van der Waals surface area contributed by atoms with Crippen LogP contribution in [0, 0.1) is 0 Å². The minimum atomic E-state index is -1.02. The van der Waals surface area contributed by atoms with Crippen molar-refractivity contribution in [1.82, 2.24) is 0 Å². The summed E-state index contributed by atoms with van der Waals surface area (Å²) in [4.78, 5) is 11.3. The van der Waals surface area contributed by atoms with Gasteiger partial charge in [0.2, 0.25) is 0 Å². The van der Waals surface area contributed by atoms with E-state index in [9.17, 15) is 9.90 Å². The lowest BCUT2D eigenvalue weighted by Gasteiger charge is -2.11. The molecule has 0 N–H and O–H groups in total. The van der Waals surface area contributed by atoms with Crippen LogP contribution < -0.4 is 5.11 Å². The minimum absolute atomic E-state index is 0.493. The lowest BCUT2D eigenvalue weighted by molar-refractivity contribution is -0.304. The Morgan fingerprint density at radius 1 is 1.42 bits per heavy atom. The highest BCUT2D eigenvalue weighted by molar-refractivity contribution is 8.00. The highest BCUT2D eigenvalue weighted by Crippen LogP contribution is 2.21. The molecule has 0 aliphatic carbocycles. The topological polar surface area (TPSA) is 40.1 Å². The van der Waals surface area contributed by atoms with E-state index in [1.807, 2.05) is 30.3 Å². The summed E-state index contributed by atoms with van der Waals surface area (Å²) >= 11 is 1.29. The number of carboxylic acid groups (broad SMARTS) is 1. The standard InChI is InChI=1S/C9H10O2S/c1-7(9(10)11)12-8-5-3-2-4-6-8/h2-7H,1H3,(H,10,11)/p-1/t7-/m0/s1. The fourth-order valence-electron chi connectivity index (χ4n) is 0.751. The van der Waals surface area contributed by atoms with Gasteiger partial charge in [0.25, 0.3) is 0 Å². The predicted molar refractivity (Wildman–Crippen MR) is 46.8 cm³/mol. The normalized spacial score (nSPS) is 12.4. The summed E-state index contributed by atoms with van der Waals surface area (Å²) in [5.41, 5.74) is 0. The molecule has 0 saturated carbocycles. The number of rotatable bonds is 3. The third-order valence-corrected chi connectivity index (χ3v) is 2.48. The summed E-state index contributed by atoms with van der Waals surface area (Å²) in [6.45, 7) is 1.62. The molecule has 0 radical (unpaired) electrons. The number of carboxylic acids is 1. The lowest BCUT2D eigenvalue weighted by atomic mass is 10.4. The molecule has 3 heteroatoms. The van der Waals surface area contributed by atoms with Crippen LogP contribution in [0.5, 0.6) is 0 Å². The zero-order valence-corrected chi connectivity index (χ0v) is 7.51. The number of carbonyl (C=O) groups excluding carboxylic acids is 1. The molecule has 0 aromatic heterocycles. The van der Waals surface area contributed by atoms with Crippen molar-refractivity contribution < 1.29 is 9.90 Å². The van der Waals surface area contributed by atoms with Gasteiger partial charge in [-0.15, -0.1) is 11.8 Å². The van der Waals surface area contributed by atoms with Gasteiger partial charge in [0.1, 0.15) is 0 Å². The number of aliphatic carboxylic acids is 1. The molecule has 1 aromatic carbocycles. The largest absolute Gasteiger partial charge is 0.549 e. The van der Waals surface area contributed by atoms with Crippen LogP contribution in [0.25, 0.3) is 0 Å². The maximum absolute atomic E-state index is 10.4. The van der Waals surface area contributed by atoms with Crippen molar-refractivity contribution in [3.63, 3.8) is 0 Å². The Kier molecular flexibility index (Phi) is 3.17. The van der Waals surface area contributed by atoms with Crippen molar-refractivity contribution in [2.45, 2.75) is 17.1 Å². The smallest absolute Gasteiger partial charge is 0.0545 e. The molecule has 0 bridgehead atoms. The molecule has 1 rings (SSSR count). The monoisotopic (exact) mass is 181 g/mol. The molecule has 0 aliphatic rings. The Balaban J connectivity index is 2.58. The molecule has 0 unspecified atom stereocenters. The predicted octanol–water partition coefficient (Wildman–Crippen LogP) is 0.917. The quantitative estimate of drug-likeness (QED) is 0.651. The Bertz CT molecular complexity index is 258. The Hall–Kier alpha value is -0.960. The van der Waals surface area contributed by atoms with Crippen molar-refractivity contribution >= 4 is 17.7 Å². The fourth-order valence-corrected chi connectivity index (χ4v) is 1.57. The van der Waals surface area contributed by atoms with Gasteiger partial charge in [-0.3, -0.25) is 0 Å². The molecular weight excluding hydrogens is 172 g/mol. The Morgan fingerprint density at radius 3 is 2.50 bits per heavy atom. The van der Waals surface area contributed by atoms with Gasteiger partial charge in [0, 0.05) is 10.1 Å². The molecule has 0 amide bonds. The summed E-state index contributed by atoms with van der Waals surface area (Å²) < 4.78 is 0. The molecule has 0 heterocycles. The van der Waals surface area contributed by atoms with Gasteiger partial charge < -0.3 is 9.90 Å². The van der Waals surface area contributed by atoms with Gasteiger partial charge in [0.05, 0.1) is 5.97 Å². The van der Waals surface area contributed by atoms with Gasteiger partial charge in [-0.1, -0.05) is 18.2 Å². The van der Waals surface area contributed by atoms with E-state index in [2.05, 4.69) is 0 Å². The first kappa shape index (κ1) is 9.13. The van der Waals surface area contributed by atoms with Crippen molar-refractivity contribution in [3.05, 3.63) is 30.3 Å². The van der Waals surface area contributed by atoms with Crippen molar-refractivity contribution in [2.24, 2.45) is 0 Å². The zero-order valence-electron chi connectivity index (χ0n) is 6.69. The van der Waals surface area contributed by atoms with Crippen LogP contribution in [0.15, 0.2) is 35.2 Å². The van der Waals surface area contributed by atoms with E-state index in [-0.39, 0.29) is 0 Å². The second kappa shape index (κ2) is 4.16. The highest BCUT2D eigenvalue weighted by Gasteiger charge is 2.03. The van der Waals surface area contributed by atoms with E-state index in [1.54, 1.807) is 6.92 Å². The Morgan fingerprint density at radius 2 is 2.00 bits per heavy atom. The van der Waals surface area contributed by atoms with Crippen LogP contribution in [0.1, 0.15) is 6.92 Å². The number of hydrogen-bond acceptors (Lipinski definition) is 3. The van der Waals surface area contributed by atoms with E-state index >= 15 is 0 Å². The summed E-state index contributed by atoms with van der Waals surface area (Å²) in [5, 5.41) is 9.88. The fraction of sp³-hybridized carbons (Fsp3) is 0.222. The van der Waals surface area contributed by atoms with Crippen LogP contribution in [-0.2, 0) is 4.79 Å². The number of thioether (sulfide) groups is 1. The second-order valence-electron chi connectivity index (χ2n) is 2.39. The molecule has 1 atom stereocenters. The number of benzene rings is 1. The van der Waals surface area contributed by atoms with Crippen LogP contribution >= 0.6 is 11.8 Å². The summed E-state index contributed by atoms with van der Waals surface area (Å²) in [7, 11) is 0. The molecule has 0 saturated heterocycles. The third kappa shape index (κ3) is 2.58. The molecule has 12 heavy (non-hydrogen) atoms. The molecule has 2 nitrogen and oxygen atoms in total. The molecule has 0 spiro atoms. The van der Waals surface area contributed by atoms with E-state index in [4.69, 9.17) is 0 Å². The summed E-state index contributed by atoms with van der Waals surface area (Å²) in [5.74, 6) is -1.02. The van der Waals surface area contributed by atoms with Gasteiger partial charge in [-0.05, 0) is 19.1 Å². The van der Waals surface area contributed by atoms with E-state index < -0.39 is 11.2 Å². The minimum Gasteiger partial charge on any atom is -0.549 e. The maximum atomic E-state index is 10.4. The van der Waals surface area contributed by atoms with Crippen LogP contribution in [0.3, 0.4) is 0 Å². The lowest BCUT2D eigenvalue weighted by Crippen LogP contribution is -2.31. The SMILES string of the molecule is C[C@H](Sc1ccccc1)C(=O)[O-]. The third-order valence-electron chi connectivity index (χ3n) is 1.39. The zero-order chi connectivity index (χ0) is 8.97. The first-order chi connectivity index (χ1) is 5.70. The van der Waals surface area contributed by atoms with Crippen molar-refractivity contribution in [1.29, 1.82) is 0 Å². The van der Waals surface area contributed by atoms with Crippen molar-refractivity contribution in [2.75, 3.05) is 0 Å². The maximum Gasteiger partial charge on any atom is 0.0545 e. The number of carbonyl (C=O) groups is 1. The van der Waals surface area contributed by atoms with E-state index in [1.165, 1.54) is 11.8 Å². The Labute approximate surface area is 75.6 Å². The van der Waals surface area contributed by atoms with Crippen LogP contribution in [0.2, 0.25) is 0 Å². The van der Waals surface area contributed by atoms with Crippen molar-refractivity contribution in [3.8, 4) is 0 Å². The summed E-state index contributed by atoms with van der Waals surface area (Å²) in [6, 6.07) is 9.41. The molecule has 0 aliphatic heterocycles.